The molecule has 9 nitrogen and oxygen atoms in total. The lowest BCUT2D eigenvalue weighted by atomic mass is 9.82. The fourth-order valence-electron chi connectivity index (χ4n) is 7.14. The summed E-state index contributed by atoms with van der Waals surface area (Å²) in [5, 5.41) is 22.2. The van der Waals surface area contributed by atoms with Gasteiger partial charge in [-0.2, -0.15) is 0 Å². The number of hydrogen-bond donors (Lipinski definition) is 3. The number of aliphatic hydroxyl groups excluding tert-OH is 2. The fraction of sp³-hybridized carbons (Fsp3) is 0.516. The Labute approximate surface area is 246 Å². The van der Waals surface area contributed by atoms with E-state index in [1.165, 1.54) is 6.92 Å². The van der Waals surface area contributed by atoms with Crippen LogP contribution in [0.1, 0.15) is 44.2 Å². The number of halogens is 1. The van der Waals surface area contributed by atoms with Gasteiger partial charge in [-0.05, 0) is 56.6 Å². The Hall–Kier alpha value is -3.12. The number of likely N-dealkylation sites (tertiary alicyclic amines) is 1. The molecule has 0 bridgehead atoms. The van der Waals surface area contributed by atoms with Gasteiger partial charge in [-0.1, -0.05) is 37.3 Å². The third-order valence-electron chi connectivity index (χ3n) is 9.08. The Bertz CT molecular complexity index is 1350. The summed E-state index contributed by atoms with van der Waals surface area (Å²) in [6.07, 6.45) is -0.674. The van der Waals surface area contributed by atoms with Gasteiger partial charge in [0.15, 0.2) is 5.60 Å². The van der Waals surface area contributed by atoms with E-state index >= 15 is 4.11 Å². The fourth-order valence-corrected chi connectivity index (χ4v) is 9.63. The topological polar surface area (TPSA) is 119 Å². The molecule has 2 fully saturated rings. The second-order valence-corrected chi connectivity index (χ2v) is 16.1. The SMILES string of the molecule is C[C@H](O)C(=O)Nc1ccc2c(c1)[C@]1(O[C@@H](CC(=O)N3CCC[C@H]3CO)[C@H]([Si](C)(C)F)[C@H]1C)C(=O)N2Cc1ccccc1. The molecule has 0 aliphatic carbocycles. The van der Waals surface area contributed by atoms with Crippen molar-refractivity contribution in [3.63, 3.8) is 0 Å². The standard InChI is InChI=1S/C31H40FN3O6Si/c1-19-28(42(3,4)32)26(16-27(38)34-14-8-11-23(34)18-36)41-31(19)24-15-22(33-29(39)20(2)37)12-13-25(24)35(30(31)40)17-21-9-6-5-7-10-21/h5-7,9-10,12-13,15,19-20,23,26,28,36-37H,8,11,14,16-18H2,1-4H3,(H,33,39)/t19-,20+,23+,26+,28-,31+/m1/s1. The van der Waals surface area contributed by atoms with Gasteiger partial charge >= 0.3 is 0 Å². The van der Waals surface area contributed by atoms with Crippen molar-refractivity contribution in [1.29, 1.82) is 0 Å². The highest BCUT2D eigenvalue weighted by Gasteiger charge is 2.67. The molecule has 11 heteroatoms. The summed E-state index contributed by atoms with van der Waals surface area (Å²) in [5.41, 5.74) is 0.143. The van der Waals surface area contributed by atoms with Crippen LogP contribution in [0.25, 0.3) is 0 Å². The molecule has 0 aromatic heterocycles. The quantitative estimate of drug-likeness (QED) is 0.316. The minimum absolute atomic E-state index is 0.0899. The number of carbonyl (C=O) groups is 3. The summed E-state index contributed by atoms with van der Waals surface area (Å²) in [7, 11) is -3.50. The predicted octanol–water partition coefficient (Wildman–Crippen LogP) is 3.70. The normalized spacial score (nSPS) is 27.9. The van der Waals surface area contributed by atoms with Crippen molar-refractivity contribution in [3.05, 3.63) is 59.7 Å². The number of rotatable bonds is 8. The Morgan fingerprint density at radius 2 is 1.93 bits per heavy atom. The van der Waals surface area contributed by atoms with Gasteiger partial charge in [0.05, 0.1) is 37.4 Å². The molecule has 0 unspecified atom stereocenters. The van der Waals surface area contributed by atoms with Gasteiger partial charge in [-0.15, -0.1) is 0 Å². The lowest BCUT2D eigenvalue weighted by Gasteiger charge is -2.31. The summed E-state index contributed by atoms with van der Waals surface area (Å²) in [6.45, 7) is 7.01. The number of nitrogens with one attached hydrogen (secondary N) is 1. The highest BCUT2D eigenvalue weighted by Crippen LogP contribution is 2.60. The molecular formula is C31H40FN3O6Si. The number of benzene rings is 2. The number of carbonyl (C=O) groups excluding carboxylic acids is 3. The van der Waals surface area contributed by atoms with E-state index < -0.39 is 43.6 Å². The zero-order chi connectivity index (χ0) is 30.4. The van der Waals surface area contributed by atoms with Crippen LogP contribution in [-0.4, -0.2) is 72.6 Å². The van der Waals surface area contributed by atoms with Crippen molar-refractivity contribution in [2.45, 2.75) is 82.1 Å². The van der Waals surface area contributed by atoms with Crippen LogP contribution in [0.4, 0.5) is 15.5 Å². The van der Waals surface area contributed by atoms with E-state index in [1.54, 1.807) is 41.1 Å². The van der Waals surface area contributed by atoms with Gasteiger partial charge in [-0.25, -0.2) is 0 Å². The van der Waals surface area contributed by atoms with Crippen molar-refractivity contribution in [2.75, 3.05) is 23.4 Å². The number of ether oxygens (including phenoxy) is 1. The van der Waals surface area contributed by atoms with Crippen LogP contribution in [0.2, 0.25) is 18.6 Å². The molecule has 42 heavy (non-hydrogen) atoms. The van der Waals surface area contributed by atoms with Crippen molar-refractivity contribution in [1.82, 2.24) is 4.90 Å². The first-order valence-electron chi connectivity index (χ1n) is 14.6. The molecule has 3 N–H and O–H groups in total. The van der Waals surface area contributed by atoms with E-state index in [0.717, 1.165) is 12.0 Å². The maximum atomic E-state index is 16.2. The molecule has 6 atom stereocenters. The first kappa shape index (κ1) is 30.3. The van der Waals surface area contributed by atoms with E-state index in [4.69, 9.17) is 4.74 Å². The summed E-state index contributed by atoms with van der Waals surface area (Å²) in [4.78, 5) is 43.6. The number of amides is 3. The maximum Gasteiger partial charge on any atom is 0.264 e. The largest absolute Gasteiger partial charge is 0.394 e. The van der Waals surface area contributed by atoms with Gasteiger partial charge < -0.3 is 34.2 Å². The van der Waals surface area contributed by atoms with E-state index in [9.17, 15) is 24.6 Å². The first-order valence-corrected chi connectivity index (χ1v) is 17.6. The molecule has 2 aromatic rings. The highest BCUT2D eigenvalue weighted by molar-refractivity contribution is 6.72. The molecule has 1 spiro atoms. The number of anilines is 2. The van der Waals surface area contributed by atoms with Crippen molar-refractivity contribution < 1.29 is 33.4 Å². The summed E-state index contributed by atoms with van der Waals surface area (Å²) in [5.74, 6) is -1.75. The zero-order valence-electron chi connectivity index (χ0n) is 24.5. The molecule has 0 saturated carbocycles. The summed E-state index contributed by atoms with van der Waals surface area (Å²) >= 11 is 0. The minimum atomic E-state index is -3.50. The molecule has 3 aliphatic rings. The lowest BCUT2D eigenvalue weighted by Crippen LogP contribution is -2.45. The Balaban J connectivity index is 1.57. The third kappa shape index (κ3) is 5.27. The van der Waals surface area contributed by atoms with E-state index in [0.29, 0.717) is 29.9 Å². The summed E-state index contributed by atoms with van der Waals surface area (Å²) in [6, 6.07) is 14.3. The number of nitrogens with zero attached hydrogens (tertiary/aromatic N) is 2. The average molecular weight is 598 g/mol. The van der Waals surface area contributed by atoms with Crippen LogP contribution in [0.5, 0.6) is 0 Å². The molecule has 2 saturated heterocycles. The van der Waals surface area contributed by atoms with E-state index in [2.05, 4.69) is 5.32 Å². The van der Waals surface area contributed by atoms with Gasteiger partial charge in [0.25, 0.3) is 11.8 Å². The van der Waals surface area contributed by atoms with Gasteiger partial charge in [0.1, 0.15) is 6.10 Å². The second-order valence-electron chi connectivity index (χ2n) is 12.3. The zero-order valence-corrected chi connectivity index (χ0v) is 25.5. The second kappa shape index (κ2) is 11.5. The Kier molecular flexibility index (Phi) is 8.32. The van der Waals surface area contributed by atoms with Crippen LogP contribution < -0.4 is 10.2 Å². The Morgan fingerprint density at radius 1 is 1.21 bits per heavy atom. The lowest BCUT2D eigenvalue weighted by molar-refractivity contribution is -0.150. The van der Waals surface area contributed by atoms with Crippen LogP contribution in [0.3, 0.4) is 0 Å². The van der Waals surface area contributed by atoms with Crippen molar-refractivity contribution in [2.24, 2.45) is 5.92 Å². The average Bonchev–Trinajstić information content (AvgIpc) is 3.60. The van der Waals surface area contributed by atoms with Crippen LogP contribution >= 0.6 is 0 Å². The third-order valence-corrected chi connectivity index (χ3v) is 11.5. The maximum absolute atomic E-state index is 16.2. The number of hydrogen-bond acceptors (Lipinski definition) is 6. The molecule has 3 aliphatic heterocycles. The molecule has 0 radical (unpaired) electrons. The van der Waals surface area contributed by atoms with E-state index in [1.807, 2.05) is 37.3 Å². The Morgan fingerprint density at radius 3 is 2.57 bits per heavy atom. The van der Waals surface area contributed by atoms with Gasteiger partial charge in [0.2, 0.25) is 14.3 Å². The van der Waals surface area contributed by atoms with Gasteiger partial charge in [0, 0.05) is 29.3 Å². The molecule has 3 amide bonds. The smallest absolute Gasteiger partial charge is 0.264 e. The number of fused-ring (bicyclic) bond motifs is 2. The minimum Gasteiger partial charge on any atom is -0.394 e. The molecule has 226 valence electrons. The predicted molar refractivity (Wildman–Crippen MR) is 159 cm³/mol. The van der Waals surface area contributed by atoms with Gasteiger partial charge in [-0.3, -0.25) is 14.4 Å². The van der Waals surface area contributed by atoms with E-state index in [-0.39, 0.29) is 37.4 Å². The molecule has 3 heterocycles. The van der Waals surface area contributed by atoms with Crippen LogP contribution in [0.15, 0.2) is 48.5 Å². The van der Waals surface area contributed by atoms with Crippen molar-refractivity contribution >= 4 is 37.5 Å². The summed E-state index contributed by atoms with van der Waals surface area (Å²) < 4.78 is 22.9. The van der Waals surface area contributed by atoms with Crippen molar-refractivity contribution in [3.8, 4) is 0 Å². The molecular weight excluding hydrogens is 557 g/mol. The highest BCUT2D eigenvalue weighted by atomic mass is 28.4. The molecule has 2 aromatic carbocycles. The number of aliphatic hydroxyl groups is 2. The van der Waals surface area contributed by atoms with Crippen LogP contribution in [0, 0.1) is 5.92 Å². The van der Waals surface area contributed by atoms with Crippen LogP contribution in [-0.2, 0) is 31.3 Å². The monoisotopic (exact) mass is 597 g/mol. The molecule has 5 rings (SSSR count). The first-order chi connectivity index (χ1) is 19.9.